The lowest BCUT2D eigenvalue weighted by Crippen LogP contribution is -2.39. The molecule has 42 heavy (non-hydrogen) atoms. The average molecular weight is 635 g/mol. The van der Waals surface area contributed by atoms with Crippen molar-refractivity contribution in [2.45, 2.75) is 26.8 Å². The number of carbonyl (C=O) groups excluding carboxylic acids is 1. The molecule has 0 amide bonds. The Morgan fingerprint density at radius 2 is 1.83 bits per heavy atom. The molecule has 0 saturated carbocycles. The Labute approximate surface area is 260 Å². The lowest BCUT2D eigenvalue weighted by molar-refractivity contribution is -0.138. The maximum absolute atomic E-state index is 14.1. The predicted molar refractivity (Wildman–Crippen MR) is 171 cm³/mol. The Kier molecular flexibility index (Phi) is 7.81. The van der Waals surface area contributed by atoms with Gasteiger partial charge in [0.15, 0.2) is 4.80 Å². The van der Waals surface area contributed by atoms with Crippen molar-refractivity contribution < 1.29 is 9.53 Å². The van der Waals surface area contributed by atoms with Crippen molar-refractivity contribution in [2.75, 3.05) is 6.61 Å². The van der Waals surface area contributed by atoms with E-state index in [4.69, 9.17) is 32.9 Å². The second-order valence-electron chi connectivity index (χ2n) is 9.71. The fraction of sp³-hybridized carbons (Fsp3) is 0.156. The lowest BCUT2D eigenvalue weighted by atomic mass is 9.97. The van der Waals surface area contributed by atoms with Crippen LogP contribution in [0.1, 0.15) is 40.4 Å². The molecule has 2 aromatic carbocycles. The third-order valence-corrected chi connectivity index (χ3v) is 9.75. The molecule has 6 rings (SSSR count). The van der Waals surface area contributed by atoms with E-state index in [9.17, 15) is 9.59 Å². The molecule has 0 fully saturated rings. The second-order valence-corrected chi connectivity index (χ2v) is 12.5. The number of thiophene rings is 1. The van der Waals surface area contributed by atoms with Crippen molar-refractivity contribution in [3.63, 3.8) is 0 Å². The monoisotopic (exact) mass is 633 g/mol. The number of nitrogens with zero attached hydrogens (tertiary/aromatic N) is 3. The topological polar surface area (TPSA) is 65.6 Å². The number of halogens is 2. The Hall–Kier alpha value is -3.69. The Morgan fingerprint density at radius 1 is 1.05 bits per heavy atom. The molecule has 10 heteroatoms. The molecule has 4 heterocycles. The quantitative estimate of drug-likeness (QED) is 0.195. The van der Waals surface area contributed by atoms with Crippen molar-refractivity contribution in [2.24, 2.45) is 4.99 Å². The Balaban J connectivity index is 1.57. The van der Waals surface area contributed by atoms with Gasteiger partial charge in [0, 0.05) is 27.5 Å². The number of hydrogen-bond donors (Lipinski definition) is 0. The molecule has 1 atom stereocenters. The summed E-state index contributed by atoms with van der Waals surface area (Å²) >= 11 is 15.2. The first kappa shape index (κ1) is 28.4. The zero-order chi connectivity index (χ0) is 29.5. The number of aromatic nitrogens is 2. The van der Waals surface area contributed by atoms with E-state index in [0.717, 1.165) is 33.1 Å². The van der Waals surface area contributed by atoms with E-state index >= 15 is 0 Å². The van der Waals surface area contributed by atoms with Crippen LogP contribution in [0.4, 0.5) is 0 Å². The summed E-state index contributed by atoms with van der Waals surface area (Å²) in [5.74, 6) is -0.488. The molecule has 0 N–H and O–H groups in total. The van der Waals surface area contributed by atoms with Gasteiger partial charge in [-0.05, 0) is 68.1 Å². The van der Waals surface area contributed by atoms with Gasteiger partial charge in [0.1, 0.15) is 6.04 Å². The summed E-state index contributed by atoms with van der Waals surface area (Å²) in [6.07, 6.45) is 1.89. The Morgan fingerprint density at radius 3 is 2.52 bits per heavy atom. The van der Waals surface area contributed by atoms with Crippen molar-refractivity contribution in [3.05, 3.63) is 135 Å². The van der Waals surface area contributed by atoms with Gasteiger partial charge in [-0.25, -0.2) is 9.79 Å². The maximum atomic E-state index is 14.1. The van der Waals surface area contributed by atoms with E-state index < -0.39 is 12.0 Å². The summed E-state index contributed by atoms with van der Waals surface area (Å²) in [6.45, 7) is 5.98. The molecule has 0 unspecified atom stereocenters. The van der Waals surface area contributed by atoms with Gasteiger partial charge in [-0.2, -0.15) is 0 Å². The maximum Gasteiger partial charge on any atom is 0.338 e. The predicted octanol–water partition coefficient (Wildman–Crippen LogP) is 6.71. The zero-order valence-electron chi connectivity index (χ0n) is 22.9. The highest BCUT2D eigenvalue weighted by Crippen LogP contribution is 2.37. The van der Waals surface area contributed by atoms with Crippen LogP contribution in [0.3, 0.4) is 0 Å². The minimum atomic E-state index is -0.665. The number of thiazole rings is 1. The van der Waals surface area contributed by atoms with E-state index in [1.54, 1.807) is 17.6 Å². The van der Waals surface area contributed by atoms with Crippen molar-refractivity contribution in [3.8, 4) is 5.69 Å². The van der Waals surface area contributed by atoms with Gasteiger partial charge in [-0.1, -0.05) is 70.9 Å². The van der Waals surface area contributed by atoms with Crippen molar-refractivity contribution >= 4 is 63.6 Å². The van der Waals surface area contributed by atoms with Crippen molar-refractivity contribution in [1.29, 1.82) is 0 Å². The highest BCUT2D eigenvalue weighted by Gasteiger charge is 2.35. The molecule has 0 spiro atoms. The van der Waals surface area contributed by atoms with Gasteiger partial charge in [-0.15, -0.1) is 11.3 Å². The number of rotatable bonds is 6. The van der Waals surface area contributed by atoms with Crippen LogP contribution in [0.5, 0.6) is 0 Å². The SMILES string of the molecule is CCOC(=O)C1=C(c2ccccc2)N=c2s/c(=C\c3cc(C)n(-c4ccc(Cl)c(Cl)c4)c3C)c(=O)n2[C@@H]1c1cccs1. The minimum Gasteiger partial charge on any atom is -0.463 e. The summed E-state index contributed by atoms with van der Waals surface area (Å²) < 4.78 is 9.73. The van der Waals surface area contributed by atoms with Gasteiger partial charge < -0.3 is 9.30 Å². The molecule has 1 aliphatic heterocycles. The smallest absolute Gasteiger partial charge is 0.338 e. The number of hydrogen-bond acceptors (Lipinski definition) is 6. The first-order valence-electron chi connectivity index (χ1n) is 13.2. The number of aryl methyl sites for hydroxylation is 1. The minimum absolute atomic E-state index is 0.209. The summed E-state index contributed by atoms with van der Waals surface area (Å²) in [5, 5.41) is 2.90. The van der Waals surface area contributed by atoms with Gasteiger partial charge in [0.25, 0.3) is 5.56 Å². The third kappa shape index (κ3) is 4.98. The average Bonchev–Trinajstić information content (AvgIpc) is 3.69. The van der Waals surface area contributed by atoms with E-state index in [-0.39, 0.29) is 12.2 Å². The van der Waals surface area contributed by atoms with Crippen LogP contribution in [0.2, 0.25) is 10.0 Å². The van der Waals surface area contributed by atoms with Gasteiger partial charge in [-0.3, -0.25) is 9.36 Å². The van der Waals surface area contributed by atoms with E-state index in [1.165, 1.54) is 22.7 Å². The molecule has 0 saturated heterocycles. The molecule has 3 aromatic heterocycles. The Bertz CT molecular complexity index is 2040. The summed E-state index contributed by atoms with van der Waals surface area (Å²) in [5.41, 5.74) is 5.13. The summed E-state index contributed by atoms with van der Waals surface area (Å²) in [4.78, 5) is 33.9. The fourth-order valence-corrected chi connectivity index (χ4v) is 7.36. The first-order chi connectivity index (χ1) is 20.3. The molecule has 212 valence electrons. The van der Waals surface area contributed by atoms with Gasteiger partial charge >= 0.3 is 5.97 Å². The van der Waals surface area contributed by atoms with E-state index in [1.807, 2.05) is 86.0 Å². The van der Waals surface area contributed by atoms with Crippen LogP contribution in [0, 0.1) is 13.8 Å². The number of fused-ring (bicyclic) bond motifs is 1. The largest absolute Gasteiger partial charge is 0.463 e. The standard InChI is InChI=1S/C32H25Cl2N3O3S2/c1-4-40-31(39)27-28(20-9-6-5-7-10-20)35-32-37(29(27)25-11-8-14-41-25)30(38)26(42-32)16-21-15-18(2)36(19(21)3)22-12-13-23(33)24(34)17-22/h5-17,29H,4H2,1-3H3/b26-16-/t29-/m1/s1. The van der Waals surface area contributed by atoms with Crippen LogP contribution in [-0.4, -0.2) is 21.7 Å². The van der Waals surface area contributed by atoms with Gasteiger partial charge in [0.2, 0.25) is 0 Å². The lowest BCUT2D eigenvalue weighted by Gasteiger charge is -2.24. The molecule has 0 bridgehead atoms. The highest BCUT2D eigenvalue weighted by molar-refractivity contribution is 7.10. The normalized spacial score (nSPS) is 15.1. The number of carbonyl (C=O) groups is 1. The zero-order valence-corrected chi connectivity index (χ0v) is 26.1. The number of benzene rings is 2. The van der Waals surface area contributed by atoms with Crippen LogP contribution >= 0.6 is 45.9 Å². The molecular weight excluding hydrogens is 609 g/mol. The first-order valence-corrected chi connectivity index (χ1v) is 15.7. The number of esters is 1. The van der Waals surface area contributed by atoms with Crippen LogP contribution in [0.15, 0.2) is 87.5 Å². The molecule has 5 aromatic rings. The van der Waals surface area contributed by atoms with Crippen LogP contribution in [0.25, 0.3) is 17.5 Å². The second kappa shape index (κ2) is 11.5. The molecule has 1 aliphatic rings. The van der Waals surface area contributed by atoms with Crippen LogP contribution in [-0.2, 0) is 9.53 Å². The molecular formula is C32H25Cl2N3O3S2. The molecule has 6 nitrogen and oxygen atoms in total. The summed E-state index contributed by atoms with van der Waals surface area (Å²) in [7, 11) is 0. The van der Waals surface area contributed by atoms with Gasteiger partial charge in [0.05, 0.1) is 32.5 Å². The molecule has 0 aliphatic carbocycles. The van der Waals surface area contributed by atoms with Crippen molar-refractivity contribution in [1.82, 2.24) is 9.13 Å². The van der Waals surface area contributed by atoms with E-state index in [2.05, 4.69) is 4.57 Å². The summed E-state index contributed by atoms with van der Waals surface area (Å²) in [6, 6.07) is 20.3. The third-order valence-electron chi connectivity index (χ3n) is 7.10. The molecule has 0 radical (unpaired) electrons. The highest BCUT2D eigenvalue weighted by atomic mass is 35.5. The van der Waals surface area contributed by atoms with Crippen LogP contribution < -0.4 is 14.9 Å². The number of ether oxygens (including phenoxy) is 1. The fourth-order valence-electron chi connectivity index (χ4n) is 5.25. The van der Waals surface area contributed by atoms with E-state index in [0.29, 0.717) is 30.6 Å².